The minimum Gasteiger partial charge on any atom is -0.313 e. The van der Waals surface area contributed by atoms with Crippen molar-refractivity contribution in [3.8, 4) is 0 Å². The Kier molecular flexibility index (Phi) is 11.6. The summed E-state index contributed by atoms with van der Waals surface area (Å²) in [6, 6.07) is 0.693. The third-order valence-corrected chi connectivity index (χ3v) is 4.30. The van der Waals surface area contributed by atoms with Gasteiger partial charge in [-0.15, -0.1) is 6.58 Å². The molecule has 0 saturated carbocycles. The highest BCUT2D eigenvalue weighted by molar-refractivity contribution is 7.99. The van der Waals surface area contributed by atoms with Gasteiger partial charge in [-0.1, -0.05) is 26.8 Å². The van der Waals surface area contributed by atoms with Gasteiger partial charge in [0.15, 0.2) is 0 Å². The normalized spacial score (nSPS) is 14.7. The van der Waals surface area contributed by atoms with Gasteiger partial charge < -0.3 is 5.32 Å². The molecule has 0 radical (unpaired) electrons. The fraction of sp³-hybridized carbons (Fsp3) is 0.857. The van der Waals surface area contributed by atoms with Crippen LogP contribution in [0.25, 0.3) is 0 Å². The fourth-order valence-corrected chi connectivity index (χ4v) is 2.58. The van der Waals surface area contributed by atoms with E-state index in [2.05, 4.69) is 44.4 Å². The monoisotopic (exact) mass is 243 g/mol. The summed E-state index contributed by atoms with van der Waals surface area (Å²) in [7, 11) is 0. The smallest absolute Gasteiger partial charge is 0.0158 e. The topological polar surface area (TPSA) is 12.0 Å². The van der Waals surface area contributed by atoms with E-state index in [4.69, 9.17) is 0 Å². The van der Waals surface area contributed by atoms with Crippen molar-refractivity contribution in [2.75, 3.05) is 12.3 Å². The number of thioether (sulfide) groups is 1. The van der Waals surface area contributed by atoms with Crippen molar-refractivity contribution in [3.63, 3.8) is 0 Å². The van der Waals surface area contributed by atoms with Crippen LogP contribution in [0, 0.1) is 0 Å². The second kappa shape index (κ2) is 11.5. The van der Waals surface area contributed by atoms with Gasteiger partial charge in [-0.3, -0.25) is 0 Å². The van der Waals surface area contributed by atoms with Gasteiger partial charge in [0.25, 0.3) is 0 Å². The van der Waals surface area contributed by atoms with Crippen molar-refractivity contribution in [3.05, 3.63) is 12.7 Å². The summed E-state index contributed by atoms with van der Waals surface area (Å²) in [5, 5.41) is 4.45. The largest absolute Gasteiger partial charge is 0.313 e. The first-order valence-electron chi connectivity index (χ1n) is 6.70. The van der Waals surface area contributed by atoms with Gasteiger partial charge in [-0.2, -0.15) is 11.8 Å². The average molecular weight is 243 g/mol. The molecule has 16 heavy (non-hydrogen) atoms. The quantitative estimate of drug-likeness (QED) is 0.430. The molecule has 0 heterocycles. The molecule has 0 aromatic carbocycles. The first-order valence-corrected chi connectivity index (χ1v) is 7.75. The van der Waals surface area contributed by atoms with Crippen molar-refractivity contribution in [2.45, 2.75) is 64.2 Å². The zero-order chi connectivity index (χ0) is 12.2. The number of nitrogens with one attached hydrogen (secondary N) is 1. The Bertz CT molecular complexity index is 159. The second-order valence-corrected chi connectivity index (χ2v) is 5.89. The number of allylic oxidation sites excluding steroid dienone is 1. The lowest BCUT2D eigenvalue weighted by Gasteiger charge is -2.19. The molecule has 0 spiro atoms. The molecule has 0 bridgehead atoms. The molecule has 0 rings (SSSR count). The summed E-state index contributed by atoms with van der Waals surface area (Å²) < 4.78 is 0. The van der Waals surface area contributed by atoms with Crippen LogP contribution >= 0.6 is 11.8 Å². The Morgan fingerprint density at radius 3 is 2.69 bits per heavy atom. The van der Waals surface area contributed by atoms with Crippen LogP contribution in [0.5, 0.6) is 0 Å². The number of unbranched alkanes of at least 4 members (excludes halogenated alkanes) is 1. The Morgan fingerprint density at radius 2 is 2.12 bits per heavy atom. The lowest BCUT2D eigenvalue weighted by molar-refractivity contribution is 0.506. The van der Waals surface area contributed by atoms with E-state index >= 15 is 0 Å². The van der Waals surface area contributed by atoms with Crippen molar-refractivity contribution in [1.82, 2.24) is 5.32 Å². The summed E-state index contributed by atoms with van der Waals surface area (Å²) >= 11 is 2.10. The minimum atomic E-state index is 0.693. The van der Waals surface area contributed by atoms with Crippen LogP contribution in [0.1, 0.15) is 52.9 Å². The van der Waals surface area contributed by atoms with Crippen molar-refractivity contribution < 1.29 is 0 Å². The summed E-state index contributed by atoms with van der Waals surface area (Å²) in [4.78, 5) is 0. The maximum absolute atomic E-state index is 3.78. The zero-order valence-corrected chi connectivity index (χ0v) is 12.1. The molecule has 2 unspecified atom stereocenters. The third kappa shape index (κ3) is 9.29. The van der Waals surface area contributed by atoms with Gasteiger partial charge in [-0.25, -0.2) is 0 Å². The Labute approximate surface area is 106 Å². The van der Waals surface area contributed by atoms with E-state index < -0.39 is 0 Å². The molecule has 0 aliphatic rings. The molecular formula is C14H29NS. The standard InChI is InChI=1S/C14H29NS/c1-5-8-9-10-14(15-11-6-2)12-16-13(4)7-3/h5,13-15H,1,6-12H2,2-4H3. The number of rotatable bonds is 11. The van der Waals surface area contributed by atoms with Gasteiger partial charge in [0.05, 0.1) is 0 Å². The molecule has 0 aliphatic heterocycles. The summed E-state index contributed by atoms with van der Waals surface area (Å²) in [5.74, 6) is 1.26. The highest BCUT2D eigenvalue weighted by Crippen LogP contribution is 2.16. The van der Waals surface area contributed by atoms with Crippen LogP contribution in [-0.4, -0.2) is 23.6 Å². The molecule has 0 fully saturated rings. The first kappa shape index (κ1) is 16.1. The summed E-state index contributed by atoms with van der Waals surface area (Å²) in [6.07, 6.45) is 8.24. The van der Waals surface area contributed by atoms with Crippen LogP contribution < -0.4 is 5.32 Å². The summed E-state index contributed by atoms with van der Waals surface area (Å²) in [6.45, 7) is 11.8. The molecule has 0 saturated heterocycles. The van der Waals surface area contributed by atoms with E-state index in [9.17, 15) is 0 Å². The molecule has 0 aromatic rings. The van der Waals surface area contributed by atoms with Crippen molar-refractivity contribution in [1.29, 1.82) is 0 Å². The summed E-state index contributed by atoms with van der Waals surface area (Å²) in [5.41, 5.74) is 0. The maximum atomic E-state index is 3.78. The molecular weight excluding hydrogens is 214 g/mol. The molecule has 0 amide bonds. The van der Waals surface area contributed by atoms with E-state index in [1.54, 1.807) is 0 Å². The highest BCUT2D eigenvalue weighted by atomic mass is 32.2. The van der Waals surface area contributed by atoms with E-state index in [1.807, 2.05) is 6.08 Å². The van der Waals surface area contributed by atoms with Gasteiger partial charge in [0, 0.05) is 17.0 Å². The SMILES string of the molecule is C=CCCCC(CSC(C)CC)NCCC. The predicted octanol–water partition coefficient (Wildman–Crippen LogP) is 4.24. The molecule has 2 atom stereocenters. The molecule has 2 heteroatoms. The van der Waals surface area contributed by atoms with Crippen LogP contribution in [0.4, 0.5) is 0 Å². The third-order valence-electron chi connectivity index (χ3n) is 2.80. The van der Waals surface area contributed by atoms with Crippen molar-refractivity contribution >= 4 is 11.8 Å². The lowest BCUT2D eigenvalue weighted by atomic mass is 10.1. The Hall–Kier alpha value is 0.0500. The Morgan fingerprint density at radius 1 is 1.38 bits per heavy atom. The van der Waals surface area contributed by atoms with Crippen LogP contribution in [0.3, 0.4) is 0 Å². The zero-order valence-electron chi connectivity index (χ0n) is 11.3. The average Bonchev–Trinajstić information content (AvgIpc) is 2.31. The molecule has 0 aromatic heterocycles. The first-order chi connectivity index (χ1) is 7.74. The van der Waals surface area contributed by atoms with Gasteiger partial charge in [0.1, 0.15) is 0 Å². The molecule has 1 N–H and O–H groups in total. The second-order valence-electron chi connectivity index (χ2n) is 4.42. The van der Waals surface area contributed by atoms with Crippen LogP contribution in [0.15, 0.2) is 12.7 Å². The Balaban J connectivity index is 3.74. The molecule has 0 aliphatic carbocycles. The van der Waals surface area contributed by atoms with Crippen molar-refractivity contribution in [2.24, 2.45) is 0 Å². The predicted molar refractivity (Wildman–Crippen MR) is 78.3 cm³/mol. The van der Waals surface area contributed by atoms with Crippen LogP contribution in [-0.2, 0) is 0 Å². The number of hydrogen-bond acceptors (Lipinski definition) is 2. The molecule has 1 nitrogen and oxygen atoms in total. The van der Waals surface area contributed by atoms with E-state index in [1.165, 1.54) is 31.4 Å². The van der Waals surface area contributed by atoms with Gasteiger partial charge in [0.2, 0.25) is 0 Å². The van der Waals surface area contributed by atoms with E-state index in [0.717, 1.165) is 18.2 Å². The van der Waals surface area contributed by atoms with Gasteiger partial charge >= 0.3 is 0 Å². The number of hydrogen-bond donors (Lipinski definition) is 1. The van der Waals surface area contributed by atoms with E-state index in [-0.39, 0.29) is 0 Å². The lowest BCUT2D eigenvalue weighted by Crippen LogP contribution is -2.32. The highest BCUT2D eigenvalue weighted by Gasteiger charge is 2.09. The fourth-order valence-electron chi connectivity index (χ4n) is 1.50. The van der Waals surface area contributed by atoms with E-state index in [0.29, 0.717) is 6.04 Å². The maximum Gasteiger partial charge on any atom is 0.0158 e. The van der Waals surface area contributed by atoms with Gasteiger partial charge in [-0.05, 0) is 38.6 Å². The van der Waals surface area contributed by atoms with Crippen LogP contribution in [0.2, 0.25) is 0 Å². The minimum absolute atomic E-state index is 0.693. The molecule has 96 valence electrons.